The van der Waals surface area contributed by atoms with Crippen molar-refractivity contribution in [3.8, 4) is 5.75 Å². The van der Waals surface area contributed by atoms with Gasteiger partial charge in [0.2, 0.25) is 5.91 Å². The van der Waals surface area contributed by atoms with E-state index in [9.17, 15) is 4.79 Å². The molecule has 4 rings (SSSR count). The van der Waals surface area contributed by atoms with Gasteiger partial charge in [-0.15, -0.1) is 0 Å². The zero-order chi connectivity index (χ0) is 20.9. The molecule has 1 aliphatic heterocycles. The molecule has 0 saturated carbocycles. The number of aryl methyl sites for hydroxylation is 2. The highest BCUT2D eigenvalue weighted by Crippen LogP contribution is 2.30. The Balaban J connectivity index is 1.46. The first-order valence-corrected chi connectivity index (χ1v) is 11.1. The van der Waals surface area contributed by atoms with Gasteiger partial charge in [-0.1, -0.05) is 43.2 Å². The number of unbranched alkanes of at least 4 members (excludes halogenated alkanes) is 1. The van der Waals surface area contributed by atoms with Crippen LogP contribution in [0.5, 0.6) is 5.75 Å². The van der Waals surface area contributed by atoms with E-state index in [1.54, 1.807) is 0 Å². The summed E-state index contributed by atoms with van der Waals surface area (Å²) in [4.78, 5) is 19.4. The molecule has 1 fully saturated rings. The van der Waals surface area contributed by atoms with E-state index >= 15 is 0 Å². The molecule has 0 radical (unpaired) electrons. The number of carbonyl (C=O) groups is 1. The molecule has 0 N–H and O–H groups in total. The van der Waals surface area contributed by atoms with Crippen molar-refractivity contribution in [3.63, 3.8) is 0 Å². The number of para-hydroxylation sites is 2. The molecule has 3 aromatic rings. The minimum absolute atomic E-state index is 0.166. The molecule has 5 nitrogen and oxygen atoms in total. The molecule has 1 saturated heterocycles. The number of fused-ring (bicyclic) bond motifs is 1. The van der Waals surface area contributed by atoms with Crippen LogP contribution in [-0.4, -0.2) is 40.1 Å². The molecular weight excluding hydrogens is 374 g/mol. The Morgan fingerprint density at radius 1 is 1.07 bits per heavy atom. The molecule has 1 aromatic heterocycles. The molecule has 0 spiro atoms. The lowest BCUT2D eigenvalue weighted by Gasteiger charge is -2.17. The first-order chi connectivity index (χ1) is 14.7. The number of amides is 1. The summed E-state index contributed by atoms with van der Waals surface area (Å²) in [5, 5.41) is 0. The second-order valence-electron chi connectivity index (χ2n) is 8.22. The maximum absolute atomic E-state index is 12.5. The number of likely N-dealkylation sites (tertiary alicyclic amines) is 1. The van der Waals surface area contributed by atoms with E-state index in [1.165, 1.54) is 5.56 Å². The fraction of sp³-hybridized carbons (Fsp3) is 0.440. The number of hydrogen-bond acceptors (Lipinski definition) is 3. The molecule has 1 aliphatic rings. The van der Waals surface area contributed by atoms with Gasteiger partial charge in [-0.25, -0.2) is 4.98 Å². The summed E-state index contributed by atoms with van der Waals surface area (Å²) in [6.45, 7) is 7.36. The van der Waals surface area contributed by atoms with Gasteiger partial charge in [0.15, 0.2) is 0 Å². The van der Waals surface area contributed by atoms with Gasteiger partial charge in [0.25, 0.3) is 0 Å². The quantitative estimate of drug-likeness (QED) is 0.474. The van der Waals surface area contributed by atoms with Crippen LogP contribution in [0.2, 0.25) is 0 Å². The number of aromatic nitrogens is 2. The first kappa shape index (κ1) is 20.5. The molecule has 0 aliphatic carbocycles. The van der Waals surface area contributed by atoms with Crippen molar-refractivity contribution < 1.29 is 9.53 Å². The van der Waals surface area contributed by atoms with Crippen LogP contribution in [0.25, 0.3) is 11.0 Å². The van der Waals surface area contributed by atoms with Crippen LogP contribution in [0, 0.1) is 6.92 Å². The van der Waals surface area contributed by atoms with Crippen LogP contribution in [0.1, 0.15) is 49.9 Å². The van der Waals surface area contributed by atoms with Crippen molar-refractivity contribution in [2.45, 2.75) is 52.0 Å². The van der Waals surface area contributed by atoms with Crippen molar-refractivity contribution in [1.29, 1.82) is 0 Å². The normalized spacial score (nSPS) is 16.5. The molecule has 1 atom stereocenters. The third-order valence-corrected chi connectivity index (χ3v) is 5.86. The highest BCUT2D eigenvalue weighted by Gasteiger charge is 2.33. The molecule has 158 valence electrons. The Hall–Kier alpha value is -2.82. The highest BCUT2D eigenvalue weighted by molar-refractivity contribution is 5.80. The second-order valence-corrected chi connectivity index (χ2v) is 8.22. The molecule has 2 heterocycles. The maximum atomic E-state index is 12.5. The average molecular weight is 406 g/mol. The fourth-order valence-electron chi connectivity index (χ4n) is 4.20. The van der Waals surface area contributed by atoms with Gasteiger partial charge in [0.1, 0.15) is 11.6 Å². The summed E-state index contributed by atoms with van der Waals surface area (Å²) >= 11 is 0. The molecule has 0 bridgehead atoms. The zero-order valence-electron chi connectivity index (χ0n) is 18.0. The zero-order valence-corrected chi connectivity index (χ0v) is 18.0. The molecule has 1 unspecified atom stereocenters. The summed E-state index contributed by atoms with van der Waals surface area (Å²) < 4.78 is 8.22. The Kier molecular flexibility index (Phi) is 6.36. The van der Waals surface area contributed by atoms with Crippen molar-refractivity contribution in [2.24, 2.45) is 0 Å². The van der Waals surface area contributed by atoms with Crippen LogP contribution in [0.4, 0.5) is 0 Å². The van der Waals surface area contributed by atoms with E-state index in [0.717, 1.165) is 61.5 Å². The number of carbonyl (C=O) groups excluding carboxylic acids is 1. The molecule has 5 heteroatoms. The van der Waals surface area contributed by atoms with Crippen molar-refractivity contribution in [2.75, 3.05) is 19.7 Å². The lowest BCUT2D eigenvalue weighted by molar-refractivity contribution is -0.127. The van der Waals surface area contributed by atoms with E-state index < -0.39 is 0 Å². The summed E-state index contributed by atoms with van der Waals surface area (Å²) in [7, 11) is 0. The Labute approximate surface area is 178 Å². The monoisotopic (exact) mass is 405 g/mol. The van der Waals surface area contributed by atoms with Gasteiger partial charge < -0.3 is 14.2 Å². The summed E-state index contributed by atoms with van der Waals surface area (Å²) in [5.74, 6) is 2.37. The number of ether oxygens (including phenoxy) is 1. The fourth-order valence-corrected chi connectivity index (χ4v) is 4.20. The van der Waals surface area contributed by atoms with E-state index in [0.29, 0.717) is 13.0 Å². The average Bonchev–Trinajstić information content (AvgIpc) is 3.31. The standard InChI is InChI=1S/C25H31N3O2/c1-3-4-14-27-18-20(17-24(27)29)25-26-22-8-5-6-9-23(22)28(25)15-7-16-30-21-12-10-19(2)11-13-21/h5-6,8-13,20H,3-4,7,14-18H2,1-2H3. The van der Waals surface area contributed by atoms with Crippen LogP contribution < -0.4 is 4.74 Å². The topological polar surface area (TPSA) is 47.4 Å². The third kappa shape index (κ3) is 4.50. The predicted molar refractivity (Wildman–Crippen MR) is 120 cm³/mol. The Morgan fingerprint density at radius 3 is 2.67 bits per heavy atom. The second kappa shape index (κ2) is 9.33. The first-order valence-electron chi connectivity index (χ1n) is 11.1. The van der Waals surface area contributed by atoms with Crippen LogP contribution in [-0.2, 0) is 11.3 Å². The number of nitrogens with zero attached hydrogens (tertiary/aromatic N) is 3. The van der Waals surface area contributed by atoms with Crippen LogP contribution in [0.3, 0.4) is 0 Å². The van der Waals surface area contributed by atoms with Gasteiger partial charge in [0, 0.05) is 32.0 Å². The predicted octanol–water partition coefficient (Wildman–Crippen LogP) is 4.93. The van der Waals surface area contributed by atoms with Gasteiger partial charge >= 0.3 is 0 Å². The maximum Gasteiger partial charge on any atom is 0.223 e. The molecular formula is C25H31N3O2. The SMILES string of the molecule is CCCCN1CC(c2nc3ccccc3n2CCCOc2ccc(C)cc2)CC1=O. The number of benzene rings is 2. The van der Waals surface area contributed by atoms with Crippen molar-refractivity contribution >= 4 is 16.9 Å². The number of rotatable bonds is 9. The minimum Gasteiger partial charge on any atom is -0.494 e. The summed E-state index contributed by atoms with van der Waals surface area (Å²) in [5.41, 5.74) is 3.38. The Bertz CT molecular complexity index is 993. The summed E-state index contributed by atoms with van der Waals surface area (Å²) in [6, 6.07) is 16.4. The highest BCUT2D eigenvalue weighted by atomic mass is 16.5. The smallest absolute Gasteiger partial charge is 0.223 e. The summed E-state index contributed by atoms with van der Waals surface area (Å²) in [6.07, 6.45) is 3.62. The van der Waals surface area contributed by atoms with E-state index in [2.05, 4.69) is 48.7 Å². The van der Waals surface area contributed by atoms with Crippen LogP contribution in [0.15, 0.2) is 48.5 Å². The molecule has 30 heavy (non-hydrogen) atoms. The third-order valence-electron chi connectivity index (χ3n) is 5.86. The van der Waals surface area contributed by atoms with E-state index in [1.807, 2.05) is 23.1 Å². The Morgan fingerprint density at radius 2 is 1.87 bits per heavy atom. The van der Waals surface area contributed by atoms with E-state index in [-0.39, 0.29) is 11.8 Å². The number of imidazole rings is 1. The minimum atomic E-state index is 0.166. The van der Waals surface area contributed by atoms with E-state index in [4.69, 9.17) is 9.72 Å². The molecule has 1 amide bonds. The lowest BCUT2D eigenvalue weighted by atomic mass is 10.1. The van der Waals surface area contributed by atoms with Gasteiger partial charge in [0.05, 0.1) is 17.6 Å². The van der Waals surface area contributed by atoms with Gasteiger partial charge in [-0.2, -0.15) is 0 Å². The molecule has 2 aromatic carbocycles. The van der Waals surface area contributed by atoms with Crippen LogP contribution >= 0.6 is 0 Å². The number of hydrogen-bond donors (Lipinski definition) is 0. The van der Waals surface area contributed by atoms with Crippen molar-refractivity contribution in [3.05, 3.63) is 59.9 Å². The van der Waals surface area contributed by atoms with Gasteiger partial charge in [-0.05, 0) is 44.0 Å². The largest absolute Gasteiger partial charge is 0.494 e. The lowest BCUT2D eigenvalue weighted by Crippen LogP contribution is -2.26. The van der Waals surface area contributed by atoms with Gasteiger partial charge in [-0.3, -0.25) is 4.79 Å². The van der Waals surface area contributed by atoms with Crippen molar-refractivity contribution in [1.82, 2.24) is 14.5 Å².